The Bertz CT molecular complexity index is 705. The minimum absolute atomic E-state index is 0.0726. The molecule has 0 aliphatic rings. The molecule has 1 aromatic carbocycles. The van der Waals surface area contributed by atoms with Gasteiger partial charge in [-0.15, -0.1) is 5.23 Å². The zero-order valence-electron chi connectivity index (χ0n) is 10.9. The maximum Gasteiger partial charge on any atom is 0.143 e. The normalized spacial score (nSPS) is 12.4. The Kier molecular flexibility index (Phi) is 5.34. The van der Waals surface area contributed by atoms with Gasteiger partial charge in [0.25, 0.3) is 0 Å². The molecule has 1 heterocycles. The first-order chi connectivity index (χ1) is 10.3. The molecule has 22 heavy (non-hydrogen) atoms. The monoisotopic (exact) mass is 386 g/mol. The molecular formula is C12H10Cl4N2O4. The number of ether oxygens (including phenoxy) is 1. The second kappa shape index (κ2) is 6.72. The molecule has 1 aromatic heterocycles. The van der Waals surface area contributed by atoms with Gasteiger partial charge in [-0.25, -0.2) is 0 Å². The van der Waals surface area contributed by atoms with Gasteiger partial charge in [0.1, 0.15) is 27.7 Å². The SMILES string of the molecule is COc1c(Cl)cc(Cl)cc1[C@H](O)c1[nH]c(Cl)c(Cl)c1N(O)O. The number of benzene rings is 1. The van der Waals surface area contributed by atoms with Gasteiger partial charge in [-0.1, -0.05) is 46.4 Å². The fourth-order valence-corrected chi connectivity index (χ4v) is 3.00. The molecule has 0 bridgehead atoms. The Morgan fingerprint density at radius 2 is 1.82 bits per heavy atom. The lowest BCUT2D eigenvalue weighted by atomic mass is 10.0. The number of hydrogen-bond acceptors (Lipinski definition) is 5. The lowest BCUT2D eigenvalue weighted by Gasteiger charge is -2.18. The molecular weight excluding hydrogens is 378 g/mol. The standard InChI is InChI=1S/C12H10Cl4N2O4/c1-22-11-5(2-4(13)3-6(11)14)10(19)8-9(18(20)21)7(15)12(16)17-8/h2-3,10,17,19-21H,1H3/t10-/m0/s1. The van der Waals surface area contributed by atoms with Crippen LogP contribution >= 0.6 is 46.4 Å². The van der Waals surface area contributed by atoms with Crippen molar-refractivity contribution in [3.8, 4) is 5.75 Å². The van der Waals surface area contributed by atoms with Crippen LogP contribution in [0.25, 0.3) is 0 Å². The van der Waals surface area contributed by atoms with Crippen LogP contribution in [-0.2, 0) is 0 Å². The summed E-state index contributed by atoms with van der Waals surface area (Å²) in [4.78, 5) is 2.56. The maximum absolute atomic E-state index is 10.5. The number of anilines is 1. The maximum atomic E-state index is 10.5. The smallest absolute Gasteiger partial charge is 0.143 e. The van der Waals surface area contributed by atoms with Crippen LogP contribution in [0.5, 0.6) is 5.75 Å². The van der Waals surface area contributed by atoms with E-state index in [9.17, 15) is 15.5 Å². The van der Waals surface area contributed by atoms with E-state index in [0.717, 1.165) is 0 Å². The quantitative estimate of drug-likeness (QED) is 0.587. The summed E-state index contributed by atoms with van der Waals surface area (Å²) < 4.78 is 5.14. The molecule has 0 radical (unpaired) electrons. The van der Waals surface area contributed by atoms with Crippen LogP contribution < -0.4 is 9.96 Å². The Morgan fingerprint density at radius 1 is 1.18 bits per heavy atom. The molecule has 120 valence electrons. The number of methoxy groups -OCH3 is 1. The summed E-state index contributed by atoms with van der Waals surface area (Å²) in [6, 6.07) is 2.86. The van der Waals surface area contributed by atoms with E-state index in [-0.39, 0.29) is 48.1 Å². The third-order valence-electron chi connectivity index (χ3n) is 2.91. The summed E-state index contributed by atoms with van der Waals surface area (Å²) >= 11 is 23.6. The average molecular weight is 388 g/mol. The van der Waals surface area contributed by atoms with Crippen molar-refractivity contribution in [2.75, 3.05) is 12.3 Å². The van der Waals surface area contributed by atoms with Crippen molar-refractivity contribution in [1.82, 2.24) is 4.98 Å². The highest BCUT2D eigenvalue weighted by Gasteiger charge is 2.28. The minimum atomic E-state index is -1.41. The van der Waals surface area contributed by atoms with E-state index in [1.54, 1.807) is 0 Å². The van der Waals surface area contributed by atoms with Gasteiger partial charge in [0.15, 0.2) is 0 Å². The molecule has 1 atom stereocenters. The predicted octanol–water partition coefficient (Wildman–Crippen LogP) is 4.30. The first-order valence-corrected chi connectivity index (χ1v) is 7.24. The first-order valence-electron chi connectivity index (χ1n) is 5.73. The van der Waals surface area contributed by atoms with Gasteiger partial charge < -0.3 is 14.8 Å². The van der Waals surface area contributed by atoms with Crippen molar-refractivity contribution in [3.05, 3.63) is 43.6 Å². The fourth-order valence-electron chi connectivity index (χ4n) is 2.00. The Labute approximate surface area is 145 Å². The number of rotatable bonds is 4. The van der Waals surface area contributed by atoms with Crippen molar-refractivity contribution >= 4 is 52.1 Å². The van der Waals surface area contributed by atoms with Crippen molar-refractivity contribution < 1.29 is 20.3 Å². The van der Waals surface area contributed by atoms with E-state index in [2.05, 4.69) is 4.98 Å². The van der Waals surface area contributed by atoms with Gasteiger partial charge in [-0.3, -0.25) is 10.4 Å². The molecule has 4 N–H and O–H groups in total. The summed E-state index contributed by atoms with van der Waals surface area (Å²) in [7, 11) is 1.37. The molecule has 0 amide bonds. The number of aliphatic hydroxyl groups is 1. The summed E-state index contributed by atoms with van der Waals surface area (Å²) in [5, 5.41) is 29.0. The van der Waals surface area contributed by atoms with Crippen molar-refractivity contribution in [3.63, 3.8) is 0 Å². The zero-order chi connectivity index (χ0) is 16.6. The van der Waals surface area contributed by atoms with E-state index in [4.69, 9.17) is 51.1 Å². The Morgan fingerprint density at radius 3 is 2.36 bits per heavy atom. The van der Waals surface area contributed by atoms with Crippen molar-refractivity contribution in [1.29, 1.82) is 0 Å². The summed E-state index contributed by atoms with van der Waals surface area (Å²) in [6.07, 6.45) is -1.41. The van der Waals surface area contributed by atoms with Crippen LogP contribution in [-0.4, -0.2) is 27.6 Å². The zero-order valence-corrected chi connectivity index (χ0v) is 14.0. The molecule has 0 fully saturated rings. The second-order valence-electron chi connectivity index (χ2n) is 4.22. The summed E-state index contributed by atoms with van der Waals surface area (Å²) in [5.74, 6) is 0.175. The summed E-state index contributed by atoms with van der Waals surface area (Å²) in [6.45, 7) is 0. The third kappa shape index (κ3) is 3.09. The van der Waals surface area contributed by atoms with Crippen molar-refractivity contribution in [2.24, 2.45) is 0 Å². The van der Waals surface area contributed by atoms with Gasteiger partial charge in [0.2, 0.25) is 0 Å². The molecule has 0 spiro atoms. The number of halogens is 4. The lowest BCUT2D eigenvalue weighted by molar-refractivity contribution is 0.0276. The van der Waals surface area contributed by atoms with Crippen LogP contribution in [0.1, 0.15) is 17.4 Å². The number of aliphatic hydroxyl groups excluding tert-OH is 1. The topological polar surface area (TPSA) is 89.0 Å². The predicted molar refractivity (Wildman–Crippen MR) is 83.9 cm³/mol. The van der Waals surface area contributed by atoms with Crippen LogP contribution in [0.15, 0.2) is 12.1 Å². The van der Waals surface area contributed by atoms with Crippen LogP contribution in [0.2, 0.25) is 20.2 Å². The second-order valence-corrected chi connectivity index (χ2v) is 5.82. The molecule has 0 unspecified atom stereocenters. The van der Waals surface area contributed by atoms with Crippen LogP contribution in [0, 0.1) is 0 Å². The molecule has 6 nitrogen and oxygen atoms in total. The number of aromatic nitrogens is 1. The minimum Gasteiger partial charge on any atom is -0.495 e. The third-order valence-corrected chi connectivity index (χ3v) is 4.16. The van der Waals surface area contributed by atoms with Gasteiger partial charge in [-0.2, -0.15) is 0 Å². The molecule has 2 aromatic rings. The summed E-state index contributed by atoms with van der Waals surface area (Å²) in [5.41, 5.74) is -0.188. The largest absolute Gasteiger partial charge is 0.495 e. The van der Waals surface area contributed by atoms with Crippen molar-refractivity contribution in [2.45, 2.75) is 6.10 Å². The van der Waals surface area contributed by atoms with E-state index in [1.165, 1.54) is 19.2 Å². The van der Waals surface area contributed by atoms with E-state index < -0.39 is 6.10 Å². The first kappa shape index (κ1) is 17.5. The molecule has 2 rings (SSSR count). The van der Waals surface area contributed by atoms with Crippen LogP contribution in [0.3, 0.4) is 0 Å². The molecule has 0 aliphatic heterocycles. The molecule has 0 saturated carbocycles. The highest BCUT2D eigenvalue weighted by molar-refractivity contribution is 6.43. The molecule has 10 heteroatoms. The van der Waals surface area contributed by atoms with Gasteiger partial charge in [0.05, 0.1) is 17.8 Å². The van der Waals surface area contributed by atoms with Gasteiger partial charge >= 0.3 is 0 Å². The Hall–Kier alpha value is -0.860. The number of nitrogens with one attached hydrogen (secondary N) is 1. The number of H-pyrrole nitrogens is 1. The number of hydrogen-bond donors (Lipinski definition) is 4. The Balaban J connectivity index is 2.63. The molecule has 0 aliphatic carbocycles. The van der Waals surface area contributed by atoms with E-state index >= 15 is 0 Å². The fraction of sp³-hybridized carbons (Fsp3) is 0.167. The van der Waals surface area contributed by atoms with Crippen LogP contribution in [0.4, 0.5) is 5.69 Å². The average Bonchev–Trinajstić information content (AvgIpc) is 2.73. The number of aromatic amines is 1. The van der Waals surface area contributed by atoms with Gasteiger partial charge in [-0.05, 0) is 12.1 Å². The van der Waals surface area contributed by atoms with E-state index in [0.29, 0.717) is 0 Å². The highest BCUT2D eigenvalue weighted by atomic mass is 35.5. The lowest BCUT2D eigenvalue weighted by Crippen LogP contribution is -2.15. The molecule has 0 saturated heterocycles. The highest BCUT2D eigenvalue weighted by Crippen LogP contribution is 2.43. The van der Waals surface area contributed by atoms with Gasteiger partial charge in [0, 0.05) is 10.6 Å². The van der Waals surface area contributed by atoms with E-state index in [1.807, 2.05) is 0 Å². The number of nitrogens with zero attached hydrogens (tertiary/aromatic N) is 1.